The SMILES string of the molecule is CN=C(NC1CCC1)NC1CCN(c2cccc(OC)c2)C1.I. The minimum absolute atomic E-state index is 0. The van der Waals surface area contributed by atoms with Gasteiger partial charge >= 0.3 is 0 Å². The van der Waals surface area contributed by atoms with Gasteiger partial charge in [0.1, 0.15) is 5.75 Å². The van der Waals surface area contributed by atoms with Crippen LogP contribution in [0.5, 0.6) is 5.75 Å². The van der Waals surface area contributed by atoms with Crippen molar-refractivity contribution in [3.05, 3.63) is 24.3 Å². The van der Waals surface area contributed by atoms with Crippen molar-refractivity contribution in [3.63, 3.8) is 0 Å². The van der Waals surface area contributed by atoms with Gasteiger partial charge in [0, 0.05) is 44.0 Å². The smallest absolute Gasteiger partial charge is 0.191 e. The zero-order valence-electron chi connectivity index (χ0n) is 13.9. The number of aliphatic imine (C=N–C) groups is 1. The molecule has 0 radical (unpaired) electrons. The third-order valence-electron chi connectivity index (χ3n) is 4.62. The van der Waals surface area contributed by atoms with Crippen LogP contribution >= 0.6 is 24.0 Å². The standard InChI is InChI=1S/C17H26N4O.HI/c1-18-17(19-13-5-3-6-13)20-14-9-10-21(12-14)15-7-4-8-16(11-15)22-2;/h4,7-8,11,13-14H,3,5-6,9-10,12H2,1-2H3,(H2,18,19,20);1H. The minimum Gasteiger partial charge on any atom is -0.497 e. The number of nitrogens with zero attached hydrogens (tertiary/aromatic N) is 2. The Morgan fingerprint density at radius 2 is 2.00 bits per heavy atom. The van der Waals surface area contributed by atoms with Gasteiger partial charge in [0.05, 0.1) is 7.11 Å². The lowest BCUT2D eigenvalue weighted by Crippen LogP contribution is -2.50. The van der Waals surface area contributed by atoms with E-state index in [1.807, 2.05) is 19.2 Å². The molecule has 6 heteroatoms. The molecule has 3 rings (SSSR count). The number of methoxy groups -OCH3 is 1. The van der Waals surface area contributed by atoms with Crippen LogP contribution in [-0.4, -0.2) is 45.3 Å². The van der Waals surface area contributed by atoms with E-state index in [1.54, 1.807) is 7.11 Å². The van der Waals surface area contributed by atoms with E-state index in [0.29, 0.717) is 12.1 Å². The second-order valence-corrected chi connectivity index (χ2v) is 6.12. The van der Waals surface area contributed by atoms with E-state index in [0.717, 1.165) is 31.2 Å². The molecule has 1 unspecified atom stereocenters. The fourth-order valence-electron chi connectivity index (χ4n) is 3.03. The number of halogens is 1. The van der Waals surface area contributed by atoms with E-state index in [1.165, 1.54) is 24.9 Å². The zero-order valence-corrected chi connectivity index (χ0v) is 16.2. The second-order valence-electron chi connectivity index (χ2n) is 6.12. The molecule has 0 bridgehead atoms. The van der Waals surface area contributed by atoms with E-state index in [-0.39, 0.29) is 24.0 Å². The number of benzene rings is 1. The molecule has 0 spiro atoms. The monoisotopic (exact) mass is 430 g/mol. The van der Waals surface area contributed by atoms with Crippen molar-refractivity contribution in [1.29, 1.82) is 0 Å². The summed E-state index contributed by atoms with van der Waals surface area (Å²) in [5.41, 5.74) is 1.23. The van der Waals surface area contributed by atoms with Crippen molar-refractivity contribution in [2.24, 2.45) is 4.99 Å². The van der Waals surface area contributed by atoms with Crippen molar-refractivity contribution in [2.75, 3.05) is 32.1 Å². The molecule has 1 heterocycles. The lowest BCUT2D eigenvalue weighted by Gasteiger charge is -2.29. The molecule has 2 fully saturated rings. The zero-order chi connectivity index (χ0) is 15.4. The molecule has 23 heavy (non-hydrogen) atoms. The fourth-order valence-corrected chi connectivity index (χ4v) is 3.03. The summed E-state index contributed by atoms with van der Waals surface area (Å²) in [7, 11) is 3.56. The van der Waals surface area contributed by atoms with Gasteiger partial charge in [0.25, 0.3) is 0 Å². The van der Waals surface area contributed by atoms with E-state index >= 15 is 0 Å². The third kappa shape index (κ3) is 4.65. The average molecular weight is 430 g/mol. The number of rotatable bonds is 4. The van der Waals surface area contributed by atoms with Crippen LogP contribution in [0.15, 0.2) is 29.3 Å². The van der Waals surface area contributed by atoms with Crippen molar-refractivity contribution in [2.45, 2.75) is 37.8 Å². The van der Waals surface area contributed by atoms with Crippen LogP contribution in [-0.2, 0) is 0 Å². The van der Waals surface area contributed by atoms with Crippen LogP contribution in [0.2, 0.25) is 0 Å². The fraction of sp³-hybridized carbons (Fsp3) is 0.588. The van der Waals surface area contributed by atoms with Gasteiger partial charge in [0.15, 0.2) is 5.96 Å². The topological polar surface area (TPSA) is 48.9 Å². The molecule has 1 saturated carbocycles. The maximum absolute atomic E-state index is 5.31. The maximum atomic E-state index is 5.31. The summed E-state index contributed by atoms with van der Waals surface area (Å²) in [6.07, 6.45) is 4.99. The van der Waals surface area contributed by atoms with Crippen molar-refractivity contribution in [1.82, 2.24) is 10.6 Å². The first-order chi connectivity index (χ1) is 10.8. The summed E-state index contributed by atoms with van der Waals surface area (Å²) in [5.74, 6) is 1.86. The van der Waals surface area contributed by atoms with Crippen LogP contribution in [0, 0.1) is 0 Å². The summed E-state index contributed by atoms with van der Waals surface area (Å²) in [4.78, 5) is 6.75. The van der Waals surface area contributed by atoms with Gasteiger partial charge in [-0.2, -0.15) is 0 Å². The van der Waals surface area contributed by atoms with Crippen molar-refractivity contribution in [3.8, 4) is 5.75 Å². The highest BCUT2D eigenvalue weighted by Crippen LogP contribution is 2.24. The molecule has 1 aliphatic heterocycles. The van der Waals surface area contributed by atoms with Crippen LogP contribution in [0.1, 0.15) is 25.7 Å². The highest BCUT2D eigenvalue weighted by molar-refractivity contribution is 14.0. The average Bonchev–Trinajstić information content (AvgIpc) is 2.98. The van der Waals surface area contributed by atoms with E-state index in [2.05, 4.69) is 32.7 Å². The van der Waals surface area contributed by atoms with E-state index in [4.69, 9.17) is 4.74 Å². The molecular weight excluding hydrogens is 403 g/mol. The lowest BCUT2D eigenvalue weighted by atomic mass is 9.93. The number of anilines is 1. The van der Waals surface area contributed by atoms with E-state index < -0.39 is 0 Å². The lowest BCUT2D eigenvalue weighted by molar-refractivity contribution is 0.378. The number of guanidine groups is 1. The minimum atomic E-state index is 0. The normalized spacial score (nSPS) is 21.4. The number of nitrogens with one attached hydrogen (secondary N) is 2. The van der Waals surface area contributed by atoms with Gasteiger partial charge in [-0.3, -0.25) is 4.99 Å². The first kappa shape index (κ1) is 18.2. The largest absolute Gasteiger partial charge is 0.497 e. The predicted molar refractivity (Wildman–Crippen MR) is 106 cm³/mol. The quantitative estimate of drug-likeness (QED) is 0.438. The van der Waals surface area contributed by atoms with Crippen LogP contribution in [0.3, 0.4) is 0 Å². The Labute approximate surface area is 155 Å². The van der Waals surface area contributed by atoms with Crippen LogP contribution in [0.4, 0.5) is 5.69 Å². The first-order valence-electron chi connectivity index (χ1n) is 8.17. The first-order valence-corrected chi connectivity index (χ1v) is 8.17. The molecule has 1 aliphatic carbocycles. The summed E-state index contributed by atoms with van der Waals surface area (Å²) >= 11 is 0. The van der Waals surface area contributed by atoms with Gasteiger partial charge < -0.3 is 20.3 Å². The highest BCUT2D eigenvalue weighted by Gasteiger charge is 2.25. The van der Waals surface area contributed by atoms with Gasteiger partial charge in [-0.05, 0) is 37.8 Å². The number of ether oxygens (including phenoxy) is 1. The Morgan fingerprint density at radius 1 is 1.22 bits per heavy atom. The van der Waals surface area contributed by atoms with Crippen molar-refractivity contribution >= 4 is 35.6 Å². The predicted octanol–water partition coefficient (Wildman–Crippen LogP) is 2.61. The Hall–Kier alpha value is -1.18. The Morgan fingerprint density at radius 3 is 2.65 bits per heavy atom. The van der Waals surface area contributed by atoms with Gasteiger partial charge in [-0.25, -0.2) is 0 Å². The number of hydrogen-bond acceptors (Lipinski definition) is 3. The molecule has 1 saturated heterocycles. The summed E-state index contributed by atoms with van der Waals surface area (Å²) in [5, 5.41) is 7.06. The summed E-state index contributed by atoms with van der Waals surface area (Å²) < 4.78 is 5.31. The third-order valence-corrected chi connectivity index (χ3v) is 4.62. The van der Waals surface area contributed by atoms with Gasteiger partial charge in [0.2, 0.25) is 0 Å². The molecule has 128 valence electrons. The Bertz CT molecular complexity index is 533. The molecular formula is C17H27IN4O. The second kappa shape index (κ2) is 8.61. The van der Waals surface area contributed by atoms with Crippen LogP contribution in [0.25, 0.3) is 0 Å². The molecule has 2 aliphatic rings. The van der Waals surface area contributed by atoms with Crippen molar-refractivity contribution < 1.29 is 4.74 Å². The highest BCUT2D eigenvalue weighted by atomic mass is 127. The Balaban J connectivity index is 0.00000192. The van der Waals surface area contributed by atoms with Gasteiger partial charge in [-0.1, -0.05) is 6.07 Å². The molecule has 0 aromatic heterocycles. The molecule has 0 amide bonds. The molecule has 5 nitrogen and oxygen atoms in total. The maximum Gasteiger partial charge on any atom is 0.191 e. The van der Waals surface area contributed by atoms with E-state index in [9.17, 15) is 0 Å². The molecule has 2 N–H and O–H groups in total. The molecule has 1 atom stereocenters. The van der Waals surface area contributed by atoms with Crippen LogP contribution < -0.4 is 20.3 Å². The van der Waals surface area contributed by atoms with Gasteiger partial charge in [-0.15, -0.1) is 24.0 Å². The summed E-state index contributed by atoms with van der Waals surface area (Å²) in [6.45, 7) is 2.06. The number of hydrogen-bond donors (Lipinski definition) is 2. The molecule has 1 aromatic carbocycles. The molecule has 1 aromatic rings. The Kier molecular flexibility index (Phi) is 6.80. The summed E-state index contributed by atoms with van der Waals surface area (Å²) in [6, 6.07) is 9.33.